The third-order valence-electron chi connectivity index (χ3n) is 4.56. The number of fused-ring (bicyclic) bond motifs is 1. The number of amides is 1. The third-order valence-corrected chi connectivity index (χ3v) is 4.56. The van der Waals surface area contributed by atoms with E-state index in [9.17, 15) is 20.0 Å². The number of aliphatic hydroxyl groups is 1. The van der Waals surface area contributed by atoms with Crippen LogP contribution in [0.5, 0.6) is 5.75 Å². The molecular weight excluding hydrogens is 340 g/mol. The third kappa shape index (κ3) is 4.41. The van der Waals surface area contributed by atoms with Crippen LogP contribution in [0, 0.1) is 10.1 Å². The molecule has 9 heteroatoms. The van der Waals surface area contributed by atoms with Gasteiger partial charge in [0.05, 0.1) is 17.0 Å². The topological polar surface area (TPSA) is 154 Å². The summed E-state index contributed by atoms with van der Waals surface area (Å²) in [6.45, 7) is 4.06. The smallest absolute Gasteiger partial charge is 0.295 e. The number of benzene rings is 1. The molecule has 2 unspecified atom stereocenters. The first-order valence-electron chi connectivity index (χ1n) is 8.60. The molecule has 9 nitrogen and oxygen atoms in total. The Kier molecular flexibility index (Phi) is 6.04. The Morgan fingerprint density at radius 1 is 1.38 bits per heavy atom. The first-order valence-corrected chi connectivity index (χ1v) is 8.60. The van der Waals surface area contributed by atoms with E-state index >= 15 is 0 Å². The van der Waals surface area contributed by atoms with Gasteiger partial charge < -0.3 is 26.6 Å². The summed E-state index contributed by atoms with van der Waals surface area (Å²) in [4.78, 5) is 21.3. The summed E-state index contributed by atoms with van der Waals surface area (Å²) >= 11 is 0. The van der Waals surface area contributed by atoms with E-state index < -0.39 is 22.7 Å². The van der Waals surface area contributed by atoms with E-state index in [0.717, 1.165) is 12.8 Å². The highest BCUT2D eigenvalue weighted by molar-refractivity contribution is 5.73. The maximum atomic E-state index is 11.1. The molecule has 1 amide bonds. The van der Waals surface area contributed by atoms with Gasteiger partial charge >= 0.3 is 0 Å². The zero-order valence-electron chi connectivity index (χ0n) is 15.0. The molecule has 0 aromatic heterocycles. The number of rotatable bonds is 8. The number of nitrogen functional groups attached to an aromatic ring is 1. The van der Waals surface area contributed by atoms with E-state index in [2.05, 4.69) is 5.32 Å². The van der Waals surface area contributed by atoms with E-state index in [1.807, 2.05) is 0 Å². The summed E-state index contributed by atoms with van der Waals surface area (Å²) in [6, 6.07) is 2.32. The number of ether oxygens (including phenoxy) is 1. The molecule has 0 saturated carbocycles. The highest BCUT2D eigenvalue weighted by atomic mass is 16.6. The number of nitro benzene ring substituents is 1. The van der Waals surface area contributed by atoms with E-state index in [4.69, 9.17) is 16.2 Å². The van der Waals surface area contributed by atoms with Crippen molar-refractivity contribution in [2.24, 2.45) is 5.73 Å². The number of nitrogens with one attached hydrogen (secondary N) is 1. The number of nitro groups is 1. The molecule has 2 rings (SSSR count). The fourth-order valence-electron chi connectivity index (χ4n) is 3.09. The van der Waals surface area contributed by atoms with Crippen LogP contribution < -0.4 is 21.5 Å². The summed E-state index contributed by atoms with van der Waals surface area (Å²) in [6.07, 6.45) is 1.84. The molecule has 1 aliphatic rings. The van der Waals surface area contributed by atoms with Gasteiger partial charge in [-0.2, -0.15) is 0 Å². The predicted molar refractivity (Wildman–Crippen MR) is 96.6 cm³/mol. The minimum atomic E-state index is -0.916. The SMILES string of the molecule is CC1(C)Oc2cc([N+](=O)[O-])c(N)cc2C(NCCCCCC(N)=O)C1O. The van der Waals surface area contributed by atoms with Crippen LogP contribution >= 0.6 is 0 Å². The number of carbonyl (C=O) groups is 1. The number of aliphatic hydroxyl groups excluding tert-OH is 1. The fourth-order valence-corrected chi connectivity index (χ4v) is 3.09. The highest BCUT2D eigenvalue weighted by Crippen LogP contribution is 2.43. The largest absolute Gasteiger partial charge is 0.484 e. The normalized spacial score (nSPS) is 20.9. The number of anilines is 1. The Hall–Kier alpha value is -2.39. The minimum Gasteiger partial charge on any atom is -0.484 e. The van der Waals surface area contributed by atoms with Gasteiger partial charge in [-0.25, -0.2) is 0 Å². The van der Waals surface area contributed by atoms with Gasteiger partial charge in [0.25, 0.3) is 5.69 Å². The van der Waals surface area contributed by atoms with Crippen LogP contribution in [0.25, 0.3) is 0 Å². The lowest BCUT2D eigenvalue weighted by Crippen LogP contribution is -2.52. The van der Waals surface area contributed by atoms with E-state index in [1.54, 1.807) is 13.8 Å². The number of nitrogens with two attached hydrogens (primary N) is 2. The second-order valence-electron chi connectivity index (χ2n) is 7.07. The Balaban J connectivity index is 2.14. The molecule has 6 N–H and O–H groups in total. The van der Waals surface area contributed by atoms with Crippen molar-refractivity contribution in [3.63, 3.8) is 0 Å². The molecule has 0 spiro atoms. The van der Waals surface area contributed by atoms with Crippen molar-refractivity contribution < 1.29 is 19.6 Å². The van der Waals surface area contributed by atoms with E-state index in [0.29, 0.717) is 30.7 Å². The van der Waals surface area contributed by atoms with Crippen molar-refractivity contribution in [3.8, 4) is 5.75 Å². The molecular formula is C17H26N4O5. The summed E-state index contributed by atoms with van der Waals surface area (Å²) < 4.78 is 5.78. The first kappa shape index (κ1) is 19.9. The van der Waals surface area contributed by atoms with Crippen LogP contribution in [0.15, 0.2) is 12.1 Å². The molecule has 1 aliphatic heterocycles. The van der Waals surface area contributed by atoms with Gasteiger partial charge in [0.1, 0.15) is 23.1 Å². The van der Waals surface area contributed by atoms with Crippen molar-refractivity contribution in [2.45, 2.75) is 57.3 Å². The molecule has 0 saturated heterocycles. The molecule has 1 aromatic rings. The van der Waals surface area contributed by atoms with Gasteiger partial charge in [-0.3, -0.25) is 14.9 Å². The lowest BCUT2D eigenvalue weighted by Gasteiger charge is -2.42. The van der Waals surface area contributed by atoms with Crippen molar-refractivity contribution in [1.29, 1.82) is 0 Å². The standard InChI is InChI=1S/C17H26N4O5/c1-17(2)16(23)15(20-7-5-3-4-6-14(19)22)10-8-11(18)12(21(24)25)9-13(10)26-17/h8-9,15-16,20,23H,3-7,18H2,1-2H3,(H2,19,22). The van der Waals surface area contributed by atoms with E-state index in [-0.39, 0.29) is 17.3 Å². The van der Waals surface area contributed by atoms with Gasteiger partial charge in [0.15, 0.2) is 0 Å². The van der Waals surface area contributed by atoms with E-state index in [1.165, 1.54) is 12.1 Å². The molecule has 1 heterocycles. The number of hydrogen-bond donors (Lipinski definition) is 4. The van der Waals surface area contributed by atoms with Crippen molar-refractivity contribution in [3.05, 3.63) is 27.8 Å². The Bertz CT molecular complexity index is 692. The summed E-state index contributed by atoms with van der Waals surface area (Å²) in [5, 5.41) is 25.0. The molecule has 0 radical (unpaired) electrons. The molecule has 0 aliphatic carbocycles. The Morgan fingerprint density at radius 3 is 2.69 bits per heavy atom. The average Bonchev–Trinajstić information content (AvgIpc) is 2.53. The highest BCUT2D eigenvalue weighted by Gasteiger charge is 2.43. The Labute approximate surface area is 151 Å². The molecule has 0 bridgehead atoms. The summed E-state index contributed by atoms with van der Waals surface area (Å²) in [5.74, 6) is 0.0259. The number of hydrogen-bond acceptors (Lipinski definition) is 7. The van der Waals surface area contributed by atoms with Gasteiger partial charge in [-0.05, 0) is 39.3 Å². The molecule has 1 aromatic carbocycles. The summed E-state index contributed by atoms with van der Waals surface area (Å²) in [7, 11) is 0. The zero-order chi connectivity index (χ0) is 19.5. The Morgan fingerprint density at radius 2 is 2.08 bits per heavy atom. The van der Waals surface area contributed by atoms with Gasteiger partial charge in [-0.15, -0.1) is 0 Å². The number of carbonyl (C=O) groups excluding carboxylic acids is 1. The van der Waals surface area contributed by atoms with Crippen LogP contribution in [0.4, 0.5) is 11.4 Å². The van der Waals surface area contributed by atoms with Crippen LogP contribution in [-0.2, 0) is 4.79 Å². The number of nitrogens with zero attached hydrogens (tertiary/aromatic N) is 1. The predicted octanol–water partition coefficient (Wildman–Crippen LogP) is 1.39. The van der Waals surface area contributed by atoms with Gasteiger partial charge in [-0.1, -0.05) is 6.42 Å². The second kappa shape index (κ2) is 7.88. The second-order valence-corrected chi connectivity index (χ2v) is 7.07. The van der Waals surface area contributed by atoms with Crippen LogP contribution in [0.2, 0.25) is 0 Å². The van der Waals surface area contributed by atoms with Crippen LogP contribution in [-0.4, -0.2) is 34.2 Å². The van der Waals surface area contributed by atoms with Crippen molar-refractivity contribution >= 4 is 17.3 Å². The van der Waals surface area contributed by atoms with Crippen LogP contribution in [0.1, 0.15) is 51.1 Å². The van der Waals surface area contributed by atoms with Crippen molar-refractivity contribution in [2.75, 3.05) is 12.3 Å². The zero-order valence-corrected chi connectivity index (χ0v) is 15.0. The molecule has 26 heavy (non-hydrogen) atoms. The van der Waals surface area contributed by atoms with Crippen molar-refractivity contribution in [1.82, 2.24) is 5.32 Å². The number of unbranched alkanes of at least 4 members (excludes halogenated alkanes) is 2. The first-order chi connectivity index (χ1) is 12.1. The fraction of sp³-hybridized carbons (Fsp3) is 0.588. The molecule has 144 valence electrons. The minimum absolute atomic E-state index is 0.0255. The monoisotopic (exact) mass is 366 g/mol. The van der Waals surface area contributed by atoms with Gasteiger partial charge in [0, 0.05) is 12.0 Å². The van der Waals surface area contributed by atoms with Gasteiger partial charge in [0.2, 0.25) is 5.91 Å². The average molecular weight is 366 g/mol. The summed E-state index contributed by atoms with van der Waals surface area (Å²) in [5.41, 5.74) is 10.4. The molecule has 2 atom stereocenters. The number of primary amides is 1. The molecule has 0 fully saturated rings. The maximum Gasteiger partial charge on any atom is 0.295 e. The lowest BCUT2D eigenvalue weighted by molar-refractivity contribution is -0.384. The maximum absolute atomic E-state index is 11.1. The van der Waals surface area contributed by atoms with Crippen LogP contribution in [0.3, 0.4) is 0 Å². The quantitative estimate of drug-likeness (QED) is 0.234. The lowest BCUT2D eigenvalue weighted by atomic mass is 9.86.